The molecule has 2 aromatic rings. The van der Waals surface area contributed by atoms with Crippen molar-refractivity contribution in [3.05, 3.63) is 36.8 Å². The van der Waals surface area contributed by atoms with E-state index in [0.717, 1.165) is 0 Å². The molecule has 0 spiro atoms. The SMILES string of the molecule is CC(=O)N1CCC(C(=O)Nc2ccc(-n3cccn3)nc2)CC1. The monoisotopic (exact) mass is 313 g/mol. The molecule has 0 unspecified atom stereocenters. The maximum Gasteiger partial charge on any atom is 0.227 e. The molecule has 0 aromatic carbocycles. The van der Waals surface area contributed by atoms with Crippen LogP contribution in [0.2, 0.25) is 0 Å². The van der Waals surface area contributed by atoms with E-state index in [2.05, 4.69) is 15.4 Å². The fourth-order valence-electron chi connectivity index (χ4n) is 2.70. The van der Waals surface area contributed by atoms with E-state index >= 15 is 0 Å². The van der Waals surface area contributed by atoms with Crippen LogP contribution in [0.25, 0.3) is 5.82 Å². The van der Waals surface area contributed by atoms with Gasteiger partial charge in [0.2, 0.25) is 11.8 Å². The van der Waals surface area contributed by atoms with Crippen LogP contribution in [0.15, 0.2) is 36.8 Å². The molecule has 2 aromatic heterocycles. The second-order valence-corrected chi connectivity index (χ2v) is 5.63. The minimum Gasteiger partial charge on any atom is -0.343 e. The van der Waals surface area contributed by atoms with Crippen LogP contribution in [0.3, 0.4) is 0 Å². The van der Waals surface area contributed by atoms with Gasteiger partial charge < -0.3 is 10.2 Å². The van der Waals surface area contributed by atoms with E-state index in [1.54, 1.807) is 35.0 Å². The molecule has 3 heterocycles. The minimum absolute atomic E-state index is 0.0122. The lowest BCUT2D eigenvalue weighted by molar-refractivity contribution is -0.132. The van der Waals surface area contributed by atoms with E-state index < -0.39 is 0 Å². The van der Waals surface area contributed by atoms with Crippen molar-refractivity contribution in [1.29, 1.82) is 0 Å². The quantitative estimate of drug-likeness (QED) is 0.930. The lowest BCUT2D eigenvalue weighted by Gasteiger charge is -2.30. The van der Waals surface area contributed by atoms with E-state index in [1.165, 1.54) is 0 Å². The van der Waals surface area contributed by atoms with Gasteiger partial charge in [-0.1, -0.05) is 0 Å². The van der Waals surface area contributed by atoms with Gasteiger partial charge in [0.25, 0.3) is 0 Å². The highest BCUT2D eigenvalue weighted by molar-refractivity contribution is 5.92. The fraction of sp³-hybridized carbons (Fsp3) is 0.375. The number of hydrogen-bond donors (Lipinski definition) is 1. The van der Waals surface area contributed by atoms with Gasteiger partial charge in [0.15, 0.2) is 5.82 Å². The van der Waals surface area contributed by atoms with Crippen LogP contribution in [0.4, 0.5) is 5.69 Å². The Morgan fingerprint density at radius 1 is 1.26 bits per heavy atom. The van der Waals surface area contributed by atoms with Crippen LogP contribution in [-0.4, -0.2) is 44.6 Å². The highest BCUT2D eigenvalue weighted by atomic mass is 16.2. The van der Waals surface area contributed by atoms with Crippen molar-refractivity contribution in [1.82, 2.24) is 19.7 Å². The summed E-state index contributed by atoms with van der Waals surface area (Å²) in [5.74, 6) is 0.697. The standard InChI is InChI=1S/C16H19N5O2/c1-12(22)20-9-5-13(6-10-20)16(23)19-14-3-4-15(17-11-14)21-8-2-7-18-21/h2-4,7-8,11,13H,5-6,9-10H2,1H3,(H,19,23). The maximum absolute atomic E-state index is 12.3. The van der Waals surface area contributed by atoms with Crippen LogP contribution in [0.5, 0.6) is 0 Å². The Balaban J connectivity index is 1.57. The predicted octanol–water partition coefficient (Wildman–Crippen LogP) is 1.46. The molecule has 7 nitrogen and oxygen atoms in total. The molecular formula is C16H19N5O2. The second-order valence-electron chi connectivity index (χ2n) is 5.63. The average Bonchev–Trinajstić information content (AvgIpc) is 3.10. The van der Waals surface area contributed by atoms with Crippen LogP contribution < -0.4 is 5.32 Å². The van der Waals surface area contributed by atoms with Gasteiger partial charge in [0.05, 0.1) is 11.9 Å². The van der Waals surface area contributed by atoms with Gasteiger partial charge in [0, 0.05) is 38.3 Å². The summed E-state index contributed by atoms with van der Waals surface area (Å²) < 4.78 is 1.66. The summed E-state index contributed by atoms with van der Waals surface area (Å²) in [5, 5.41) is 7.00. The summed E-state index contributed by atoms with van der Waals surface area (Å²) in [4.78, 5) is 29.7. The van der Waals surface area contributed by atoms with E-state index in [-0.39, 0.29) is 17.7 Å². The van der Waals surface area contributed by atoms with E-state index in [4.69, 9.17) is 0 Å². The largest absolute Gasteiger partial charge is 0.343 e. The third-order valence-corrected chi connectivity index (χ3v) is 4.07. The number of pyridine rings is 1. The summed E-state index contributed by atoms with van der Waals surface area (Å²) in [7, 11) is 0. The van der Waals surface area contributed by atoms with Crippen LogP contribution in [-0.2, 0) is 9.59 Å². The third-order valence-electron chi connectivity index (χ3n) is 4.07. The molecule has 1 saturated heterocycles. The molecule has 7 heteroatoms. The maximum atomic E-state index is 12.3. The van der Waals surface area contributed by atoms with Crippen LogP contribution >= 0.6 is 0 Å². The number of anilines is 1. The van der Waals surface area contributed by atoms with Crippen molar-refractivity contribution < 1.29 is 9.59 Å². The van der Waals surface area contributed by atoms with Gasteiger partial charge in [-0.25, -0.2) is 9.67 Å². The molecule has 1 N–H and O–H groups in total. The minimum atomic E-state index is -0.0589. The first kappa shape index (κ1) is 15.2. The molecule has 1 aliphatic rings. The van der Waals surface area contributed by atoms with Gasteiger partial charge in [0.1, 0.15) is 0 Å². The number of hydrogen-bond acceptors (Lipinski definition) is 4. The first-order valence-electron chi connectivity index (χ1n) is 7.66. The predicted molar refractivity (Wildman–Crippen MR) is 85.0 cm³/mol. The highest BCUT2D eigenvalue weighted by Gasteiger charge is 2.26. The Kier molecular flexibility index (Phi) is 4.36. The molecule has 0 aliphatic carbocycles. The highest BCUT2D eigenvalue weighted by Crippen LogP contribution is 2.19. The van der Waals surface area contributed by atoms with Crippen molar-refractivity contribution in [2.24, 2.45) is 5.92 Å². The molecular weight excluding hydrogens is 294 g/mol. The Hall–Kier alpha value is -2.70. The normalized spacial score (nSPS) is 15.4. The molecule has 3 rings (SSSR count). The zero-order valence-electron chi connectivity index (χ0n) is 13.0. The first-order chi connectivity index (χ1) is 11.1. The first-order valence-corrected chi connectivity index (χ1v) is 7.66. The number of carbonyl (C=O) groups is 2. The molecule has 23 heavy (non-hydrogen) atoms. The van der Waals surface area contributed by atoms with Gasteiger partial charge in [-0.3, -0.25) is 9.59 Å². The van der Waals surface area contributed by atoms with E-state index in [0.29, 0.717) is 37.4 Å². The number of nitrogens with zero attached hydrogens (tertiary/aromatic N) is 4. The van der Waals surface area contributed by atoms with Crippen LogP contribution in [0.1, 0.15) is 19.8 Å². The van der Waals surface area contributed by atoms with Gasteiger partial charge in [-0.05, 0) is 31.0 Å². The summed E-state index contributed by atoms with van der Waals surface area (Å²) in [6.45, 7) is 2.85. The van der Waals surface area contributed by atoms with Crippen molar-refractivity contribution in [2.75, 3.05) is 18.4 Å². The van der Waals surface area contributed by atoms with Crippen molar-refractivity contribution in [2.45, 2.75) is 19.8 Å². The van der Waals surface area contributed by atoms with Crippen molar-refractivity contribution in [3.63, 3.8) is 0 Å². The van der Waals surface area contributed by atoms with Crippen LogP contribution in [0, 0.1) is 5.92 Å². The lowest BCUT2D eigenvalue weighted by Crippen LogP contribution is -2.40. The summed E-state index contributed by atoms with van der Waals surface area (Å²) in [6, 6.07) is 5.44. The van der Waals surface area contributed by atoms with E-state index in [1.807, 2.05) is 18.3 Å². The zero-order valence-corrected chi connectivity index (χ0v) is 13.0. The Bertz CT molecular complexity index is 673. The number of carbonyl (C=O) groups excluding carboxylic acids is 2. The number of nitrogens with one attached hydrogen (secondary N) is 1. The lowest BCUT2D eigenvalue weighted by atomic mass is 9.96. The fourth-order valence-corrected chi connectivity index (χ4v) is 2.70. The Morgan fingerprint density at radius 2 is 2.04 bits per heavy atom. The number of rotatable bonds is 3. The van der Waals surface area contributed by atoms with Crippen molar-refractivity contribution in [3.8, 4) is 5.82 Å². The molecule has 1 aliphatic heterocycles. The third kappa shape index (κ3) is 3.56. The number of likely N-dealkylation sites (tertiary alicyclic amines) is 1. The molecule has 0 bridgehead atoms. The summed E-state index contributed by atoms with van der Waals surface area (Å²) >= 11 is 0. The smallest absolute Gasteiger partial charge is 0.227 e. The number of amides is 2. The number of aromatic nitrogens is 3. The van der Waals surface area contributed by atoms with Crippen molar-refractivity contribution >= 4 is 17.5 Å². The molecule has 1 fully saturated rings. The topological polar surface area (TPSA) is 80.1 Å². The zero-order chi connectivity index (χ0) is 16.2. The molecule has 0 radical (unpaired) electrons. The van der Waals surface area contributed by atoms with E-state index in [9.17, 15) is 9.59 Å². The molecule has 0 atom stereocenters. The number of piperidine rings is 1. The van der Waals surface area contributed by atoms with Gasteiger partial charge >= 0.3 is 0 Å². The summed E-state index contributed by atoms with van der Waals surface area (Å²) in [6.07, 6.45) is 6.52. The summed E-state index contributed by atoms with van der Waals surface area (Å²) in [5.41, 5.74) is 0.667. The molecule has 2 amide bonds. The molecule has 0 saturated carbocycles. The second kappa shape index (κ2) is 6.60. The Morgan fingerprint density at radius 3 is 2.61 bits per heavy atom. The van der Waals surface area contributed by atoms with Gasteiger partial charge in [-0.2, -0.15) is 5.10 Å². The average molecular weight is 313 g/mol. The molecule has 120 valence electrons. The Labute approximate surface area is 134 Å². The van der Waals surface area contributed by atoms with Gasteiger partial charge in [-0.15, -0.1) is 0 Å².